The van der Waals surface area contributed by atoms with E-state index < -0.39 is 29.9 Å². The van der Waals surface area contributed by atoms with Gasteiger partial charge in [0, 0.05) is 18.5 Å². The molecule has 0 saturated carbocycles. The minimum atomic E-state index is -1.40. The maximum Gasteiger partial charge on any atom is 0.335 e. The zero-order chi connectivity index (χ0) is 23.8. The highest BCUT2D eigenvalue weighted by atomic mass is 16.5. The van der Waals surface area contributed by atoms with Crippen LogP contribution in [-0.4, -0.2) is 51.8 Å². The third-order valence-corrected chi connectivity index (χ3v) is 5.02. The monoisotopic (exact) mass is 450 g/mol. The molecule has 2 amide bonds. The summed E-state index contributed by atoms with van der Waals surface area (Å²) in [7, 11) is 0. The van der Waals surface area contributed by atoms with Crippen LogP contribution in [-0.2, 0) is 16.0 Å². The van der Waals surface area contributed by atoms with Crippen molar-refractivity contribution < 1.29 is 24.2 Å². The highest BCUT2D eigenvalue weighted by molar-refractivity contribution is 5.97. The van der Waals surface area contributed by atoms with Gasteiger partial charge in [-0.15, -0.1) is 0 Å². The molecule has 0 aliphatic heterocycles. The van der Waals surface area contributed by atoms with Gasteiger partial charge in [-0.05, 0) is 30.0 Å². The Morgan fingerprint density at radius 1 is 1.09 bits per heavy atom. The van der Waals surface area contributed by atoms with Gasteiger partial charge in [-0.1, -0.05) is 54.6 Å². The number of nitrogens with two attached hydrogens (primary N) is 1. The maximum atomic E-state index is 12.7. The number of aromatic nitrogens is 2. The number of hydrogen-bond acceptors (Lipinski definition) is 6. The van der Waals surface area contributed by atoms with Crippen LogP contribution in [0.15, 0.2) is 60.7 Å². The topological polar surface area (TPSA) is 147 Å². The summed E-state index contributed by atoms with van der Waals surface area (Å²) in [4.78, 5) is 35.8. The fraction of sp³-hybridized carbons (Fsp3) is 0.250. The number of benzene rings is 2. The van der Waals surface area contributed by atoms with E-state index in [1.807, 2.05) is 54.6 Å². The minimum Gasteiger partial charge on any atom is -0.464 e. The Kier molecular flexibility index (Phi) is 7.93. The number of carbonyl (C=O) groups excluding carboxylic acids is 3. The number of carbonyl (C=O) groups is 3. The number of aromatic amines is 1. The number of amides is 2. The predicted molar refractivity (Wildman–Crippen MR) is 121 cm³/mol. The van der Waals surface area contributed by atoms with Crippen molar-refractivity contribution in [1.82, 2.24) is 15.5 Å². The molecule has 0 aliphatic carbocycles. The number of nitrogens with zero attached hydrogens (tertiary/aromatic N) is 1. The molecule has 0 spiro atoms. The Morgan fingerprint density at radius 3 is 2.36 bits per heavy atom. The SMILES string of the molecule is CCOC(=O)[C@H](O)CC(Cc1ccc(-c2ccccc2)cc1)NC(=O)c1cc(C(N)=O)n[nH]1. The van der Waals surface area contributed by atoms with Crippen LogP contribution < -0.4 is 11.1 Å². The number of H-pyrrole nitrogens is 1. The van der Waals surface area contributed by atoms with Crippen molar-refractivity contribution in [3.8, 4) is 11.1 Å². The van der Waals surface area contributed by atoms with Crippen molar-refractivity contribution in [3.63, 3.8) is 0 Å². The van der Waals surface area contributed by atoms with Crippen LogP contribution in [0.4, 0.5) is 0 Å². The predicted octanol–water partition coefficient (Wildman–Crippen LogP) is 1.83. The Bertz CT molecular complexity index is 1100. The van der Waals surface area contributed by atoms with Gasteiger partial charge in [0.05, 0.1) is 6.61 Å². The molecule has 2 atom stereocenters. The first-order chi connectivity index (χ1) is 15.9. The summed E-state index contributed by atoms with van der Waals surface area (Å²) in [5.74, 6) is -2.07. The Hall–Kier alpha value is -3.98. The van der Waals surface area contributed by atoms with Gasteiger partial charge < -0.3 is 20.9 Å². The van der Waals surface area contributed by atoms with E-state index in [2.05, 4.69) is 15.5 Å². The summed E-state index contributed by atoms with van der Waals surface area (Å²) >= 11 is 0. The number of nitrogens with one attached hydrogen (secondary N) is 2. The molecule has 1 heterocycles. The summed E-state index contributed by atoms with van der Waals surface area (Å²) in [5, 5.41) is 19.2. The third kappa shape index (κ3) is 6.50. The number of ether oxygens (including phenoxy) is 1. The number of esters is 1. The Labute approximate surface area is 191 Å². The summed E-state index contributed by atoms with van der Waals surface area (Å²) < 4.78 is 4.87. The fourth-order valence-corrected chi connectivity index (χ4v) is 3.37. The fourth-order valence-electron chi connectivity index (χ4n) is 3.37. The number of aliphatic hydroxyl groups is 1. The van der Waals surface area contributed by atoms with Gasteiger partial charge in [0.25, 0.3) is 11.8 Å². The molecule has 5 N–H and O–H groups in total. The molecule has 33 heavy (non-hydrogen) atoms. The Morgan fingerprint density at radius 2 is 1.76 bits per heavy atom. The number of aliphatic hydroxyl groups excluding tert-OH is 1. The first kappa shape index (κ1) is 23.7. The van der Waals surface area contributed by atoms with Crippen molar-refractivity contribution in [2.24, 2.45) is 5.73 Å². The van der Waals surface area contributed by atoms with Crippen molar-refractivity contribution in [2.45, 2.75) is 31.9 Å². The molecule has 0 fully saturated rings. The van der Waals surface area contributed by atoms with Gasteiger partial charge >= 0.3 is 5.97 Å². The van der Waals surface area contributed by atoms with Gasteiger partial charge in [-0.2, -0.15) is 5.10 Å². The normalized spacial score (nSPS) is 12.5. The van der Waals surface area contributed by atoms with Crippen LogP contribution in [0.1, 0.15) is 39.9 Å². The van der Waals surface area contributed by atoms with E-state index in [1.54, 1.807) is 6.92 Å². The number of primary amides is 1. The van der Waals surface area contributed by atoms with Crippen molar-refractivity contribution in [1.29, 1.82) is 0 Å². The molecule has 3 rings (SSSR count). The van der Waals surface area contributed by atoms with Gasteiger partial charge in [0.15, 0.2) is 11.8 Å². The van der Waals surface area contributed by atoms with Crippen LogP contribution in [0.25, 0.3) is 11.1 Å². The molecule has 2 aromatic carbocycles. The summed E-state index contributed by atoms with van der Waals surface area (Å²) in [6.45, 7) is 1.78. The molecule has 0 radical (unpaired) electrons. The second-order valence-electron chi connectivity index (χ2n) is 7.47. The molecule has 172 valence electrons. The molecule has 1 unspecified atom stereocenters. The molecular formula is C24H26N4O5. The molecule has 9 nitrogen and oxygen atoms in total. The summed E-state index contributed by atoms with van der Waals surface area (Å²) in [6.07, 6.45) is -1.10. The van der Waals surface area contributed by atoms with E-state index in [1.165, 1.54) is 6.07 Å². The lowest BCUT2D eigenvalue weighted by atomic mass is 9.97. The van der Waals surface area contributed by atoms with E-state index in [4.69, 9.17) is 10.5 Å². The van der Waals surface area contributed by atoms with Gasteiger partial charge in [-0.25, -0.2) is 4.79 Å². The molecule has 3 aromatic rings. The lowest BCUT2D eigenvalue weighted by Crippen LogP contribution is -2.41. The van der Waals surface area contributed by atoms with Crippen molar-refractivity contribution in [3.05, 3.63) is 77.6 Å². The smallest absolute Gasteiger partial charge is 0.335 e. The van der Waals surface area contributed by atoms with E-state index in [0.717, 1.165) is 16.7 Å². The molecule has 0 saturated heterocycles. The van der Waals surface area contributed by atoms with E-state index in [9.17, 15) is 19.5 Å². The van der Waals surface area contributed by atoms with Crippen LogP contribution >= 0.6 is 0 Å². The van der Waals surface area contributed by atoms with E-state index in [-0.39, 0.29) is 24.4 Å². The number of rotatable bonds is 10. The zero-order valence-electron chi connectivity index (χ0n) is 18.2. The number of hydrogen-bond donors (Lipinski definition) is 4. The lowest BCUT2D eigenvalue weighted by Gasteiger charge is -2.21. The van der Waals surface area contributed by atoms with Gasteiger partial charge in [0.1, 0.15) is 5.69 Å². The molecule has 1 aromatic heterocycles. The van der Waals surface area contributed by atoms with Crippen LogP contribution in [0.5, 0.6) is 0 Å². The Balaban J connectivity index is 1.75. The van der Waals surface area contributed by atoms with Crippen LogP contribution in [0.2, 0.25) is 0 Å². The van der Waals surface area contributed by atoms with Crippen molar-refractivity contribution in [2.75, 3.05) is 6.61 Å². The summed E-state index contributed by atoms with van der Waals surface area (Å²) in [5.41, 5.74) is 8.17. The highest BCUT2D eigenvalue weighted by Gasteiger charge is 2.24. The average molecular weight is 450 g/mol. The molecule has 9 heteroatoms. The zero-order valence-corrected chi connectivity index (χ0v) is 18.2. The largest absolute Gasteiger partial charge is 0.464 e. The van der Waals surface area contributed by atoms with Gasteiger partial charge in [0.2, 0.25) is 0 Å². The van der Waals surface area contributed by atoms with E-state index >= 15 is 0 Å². The second-order valence-corrected chi connectivity index (χ2v) is 7.47. The third-order valence-electron chi connectivity index (χ3n) is 5.02. The first-order valence-corrected chi connectivity index (χ1v) is 10.5. The summed E-state index contributed by atoms with van der Waals surface area (Å²) in [6, 6.07) is 18.3. The lowest BCUT2D eigenvalue weighted by molar-refractivity contribution is -0.153. The maximum absolute atomic E-state index is 12.7. The first-order valence-electron chi connectivity index (χ1n) is 10.5. The average Bonchev–Trinajstić information content (AvgIpc) is 3.31. The molecule has 0 aliphatic rings. The quantitative estimate of drug-likeness (QED) is 0.347. The van der Waals surface area contributed by atoms with Crippen LogP contribution in [0.3, 0.4) is 0 Å². The highest BCUT2D eigenvalue weighted by Crippen LogP contribution is 2.20. The second kappa shape index (κ2) is 11.1. The van der Waals surface area contributed by atoms with Crippen LogP contribution in [0, 0.1) is 0 Å². The standard InChI is InChI=1S/C24H26N4O5/c1-2-33-24(32)21(29)13-18(26-23(31)20-14-19(22(25)30)27-28-20)12-15-8-10-17(11-9-15)16-6-4-3-5-7-16/h3-11,14,18,21,29H,2,12-13H2,1H3,(H2,25,30)(H,26,31)(H,27,28)/t18?,21-/m1/s1. The molecule has 0 bridgehead atoms. The molecular weight excluding hydrogens is 424 g/mol. The van der Waals surface area contributed by atoms with E-state index in [0.29, 0.717) is 6.42 Å². The van der Waals surface area contributed by atoms with Crippen molar-refractivity contribution >= 4 is 17.8 Å². The van der Waals surface area contributed by atoms with Gasteiger partial charge in [-0.3, -0.25) is 14.7 Å². The minimum absolute atomic E-state index is 0.0406.